The monoisotopic (exact) mass is 247 g/mol. The van der Waals surface area contributed by atoms with Crippen LogP contribution in [-0.4, -0.2) is 22.9 Å². The molecule has 0 saturated heterocycles. The van der Waals surface area contributed by atoms with Gasteiger partial charge >= 0.3 is 5.97 Å². The summed E-state index contributed by atoms with van der Waals surface area (Å²) < 4.78 is 25.9. The summed E-state index contributed by atoms with van der Waals surface area (Å²) in [6, 6.07) is 2.19. The molecule has 0 fully saturated rings. The molecule has 1 rings (SSSR count). The van der Waals surface area contributed by atoms with Crippen LogP contribution in [0.5, 0.6) is 0 Å². The Morgan fingerprint density at radius 3 is 2.81 bits per heavy atom. The zero-order valence-corrected chi connectivity index (χ0v) is 9.14. The predicted molar refractivity (Wildman–Crippen MR) is 58.1 cm³/mol. The minimum absolute atomic E-state index is 0.158. The first-order valence-electron chi connectivity index (χ1n) is 4.50. The number of rotatable bonds is 5. The summed E-state index contributed by atoms with van der Waals surface area (Å²) in [5.74, 6) is -1.76. The Hall–Kier alpha value is -1.14. The summed E-state index contributed by atoms with van der Waals surface area (Å²) in [7, 11) is 0. The van der Waals surface area contributed by atoms with E-state index in [9.17, 15) is 13.6 Å². The number of carboxylic acids is 1. The molecule has 88 valence electrons. The minimum Gasteiger partial charge on any atom is -0.480 e. The third kappa shape index (κ3) is 3.79. The lowest BCUT2D eigenvalue weighted by atomic mass is 10.2. The third-order valence-electron chi connectivity index (χ3n) is 1.88. The number of thioether (sulfide) groups is 1. The van der Waals surface area contributed by atoms with Crippen molar-refractivity contribution >= 4 is 17.7 Å². The lowest BCUT2D eigenvalue weighted by Gasteiger charge is -2.06. The molecule has 3 nitrogen and oxygen atoms in total. The first-order valence-corrected chi connectivity index (χ1v) is 5.66. The highest BCUT2D eigenvalue weighted by Gasteiger charge is 2.11. The molecule has 0 spiro atoms. The van der Waals surface area contributed by atoms with Crippen molar-refractivity contribution in [1.82, 2.24) is 0 Å². The van der Waals surface area contributed by atoms with Crippen molar-refractivity contribution in [1.29, 1.82) is 0 Å². The van der Waals surface area contributed by atoms with Gasteiger partial charge in [0.05, 0.1) is 0 Å². The van der Waals surface area contributed by atoms with Crippen LogP contribution in [0.15, 0.2) is 18.2 Å². The van der Waals surface area contributed by atoms with Crippen molar-refractivity contribution in [3.63, 3.8) is 0 Å². The van der Waals surface area contributed by atoms with Gasteiger partial charge in [0, 0.05) is 17.1 Å². The standard InChI is InChI=1S/C10H11F2NO2S/c11-7-1-2-8(12)6(3-7)4-16-5-9(13)10(14)15/h1-3,9H,4-5,13H2,(H,14,15)/t9-/m0/s1. The molecule has 0 aromatic heterocycles. The second kappa shape index (κ2) is 5.81. The molecule has 0 amide bonds. The highest BCUT2D eigenvalue weighted by Crippen LogP contribution is 2.17. The van der Waals surface area contributed by atoms with Gasteiger partial charge in [0.2, 0.25) is 0 Å². The van der Waals surface area contributed by atoms with Gasteiger partial charge in [-0.3, -0.25) is 4.79 Å². The average Bonchev–Trinajstić information content (AvgIpc) is 2.22. The van der Waals surface area contributed by atoms with E-state index in [1.807, 2.05) is 0 Å². The Morgan fingerprint density at radius 2 is 2.19 bits per heavy atom. The minimum atomic E-state index is -1.10. The molecular formula is C10H11F2NO2S. The Bertz CT molecular complexity index is 387. The second-order valence-electron chi connectivity index (χ2n) is 3.20. The van der Waals surface area contributed by atoms with Crippen molar-refractivity contribution in [2.45, 2.75) is 11.8 Å². The Kier molecular flexibility index (Phi) is 4.70. The molecule has 16 heavy (non-hydrogen) atoms. The van der Waals surface area contributed by atoms with Crippen molar-refractivity contribution in [3.8, 4) is 0 Å². The van der Waals surface area contributed by atoms with E-state index >= 15 is 0 Å². The van der Waals surface area contributed by atoms with Crippen molar-refractivity contribution in [3.05, 3.63) is 35.4 Å². The van der Waals surface area contributed by atoms with Crippen LogP contribution in [0.25, 0.3) is 0 Å². The van der Waals surface area contributed by atoms with Gasteiger partial charge in [-0.05, 0) is 18.2 Å². The molecular weight excluding hydrogens is 236 g/mol. The lowest BCUT2D eigenvalue weighted by molar-refractivity contribution is -0.137. The number of benzene rings is 1. The molecule has 3 N–H and O–H groups in total. The summed E-state index contributed by atoms with van der Waals surface area (Å²) in [5.41, 5.74) is 5.47. The van der Waals surface area contributed by atoms with E-state index in [0.29, 0.717) is 0 Å². The van der Waals surface area contributed by atoms with Crippen LogP contribution in [0.4, 0.5) is 8.78 Å². The fourth-order valence-electron chi connectivity index (χ4n) is 1.02. The van der Waals surface area contributed by atoms with Gasteiger partial charge in [0.1, 0.15) is 17.7 Å². The van der Waals surface area contributed by atoms with Crippen LogP contribution >= 0.6 is 11.8 Å². The maximum Gasteiger partial charge on any atom is 0.321 e. The van der Waals surface area contributed by atoms with Gasteiger partial charge in [0.25, 0.3) is 0 Å². The van der Waals surface area contributed by atoms with Gasteiger partial charge in [-0.15, -0.1) is 0 Å². The number of aliphatic carboxylic acids is 1. The number of carboxylic acid groups (broad SMARTS) is 1. The van der Waals surface area contributed by atoms with E-state index in [0.717, 1.165) is 30.0 Å². The van der Waals surface area contributed by atoms with E-state index in [1.54, 1.807) is 0 Å². The number of halogens is 2. The number of hydrogen-bond donors (Lipinski definition) is 2. The van der Waals surface area contributed by atoms with Gasteiger partial charge in [-0.25, -0.2) is 8.78 Å². The van der Waals surface area contributed by atoms with Gasteiger partial charge in [-0.1, -0.05) is 0 Å². The highest BCUT2D eigenvalue weighted by atomic mass is 32.2. The quantitative estimate of drug-likeness (QED) is 0.829. The van der Waals surface area contributed by atoms with Crippen LogP contribution in [0.3, 0.4) is 0 Å². The maximum absolute atomic E-state index is 13.1. The van der Waals surface area contributed by atoms with Crippen LogP contribution in [0.1, 0.15) is 5.56 Å². The fourth-order valence-corrected chi connectivity index (χ4v) is 1.98. The van der Waals surface area contributed by atoms with E-state index in [1.165, 1.54) is 0 Å². The van der Waals surface area contributed by atoms with Gasteiger partial charge in [-0.2, -0.15) is 11.8 Å². The second-order valence-corrected chi connectivity index (χ2v) is 4.23. The zero-order chi connectivity index (χ0) is 12.1. The maximum atomic E-state index is 13.1. The first kappa shape index (κ1) is 12.9. The molecule has 0 aliphatic carbocycles. The fraction of sp³-hybridized carbons (Fsp3) is 0.300. The highest BCUT2D eigenvalue weighted by molar-refractivity contribution is 7.98. The van der Waals surface area contributed by atoms with Crippen LogP contribution in [0.2, 0.25) is 0 Å². The molecule has 0 radical (unpaired) electrons. The smallest absolute Gasteiger partial charge is 0.321 e. The normalized spacial score (nSPS) is 12.4. The largest absolute Gasteiger partial charge is 0.480 e. The molecule has 1 aromatic carbocycles. The Morgan fingerprint density at radius 1 is 1.50 bits per heavy atom. The molecule has 0 aliphatic rings. The summed E-state index contributed by atoms with van der Waals surface area (Å²) in [6.45, 7) is 0. The molecule has 1 aromatic rings. The van der Waals surface area contributed by atoms with Crippen molar-refractivity contribution < 1.29 is 18.7 Å². The SMILES string of the molecule is N[C@@H](CSCc1cc(F)ccc1F)C(=O)O. The predicted octanol–water partition coefficient (Wildman–Crippen LogP) is 1.61. The zero-order valence-electron chi connectivity index (χ0n) is 8.32. The number of hydrogen-bond acceptors (Lipinski definition) is 3. The molecule has 0 aliphatic heterocycles. The van der Waals surface area contributed by atoms with E-state index in [2.05, 4.69) is 0 Å². The summed E-state index contributed by atoms with van der Waals surface area (Å²) in [6.07, 6.45) is 0. The molecule has 0 heterocycles. The molecule has 0 bridgehead atoms. The third-order valence-corrected chi connectivity index (χ3v) is 2.99. The number of nitrogens with two attached hydrogens (primary N) is 1. The van der Waals surface area contributed by atoms with E-state index in [4.69, 9.17) is 10.8 Å². The summed E-state index contributed by atoms with van der Waals surface area (Å²) in [5, 5.41) is 8.51. The van der Waals surface area contributed by atoms with Crippen LogP contribution < -0.4 is 5.73 Å². The molecule has 0 unspecified atom stereocenters. The Labute approximate surface area is 95.6 Å². The van der Waals surface area contributed by atoms with Crippen LogP contribution in [0, 0.1) is 11.6 Å². The molecule has 6 heteroatoms. The topological polar surface area (TPSA) is 63.3 Å². The van der Waals surface area contributed by atoms with Crippen molar-refractivity contribution in [2.24, 2.45) is 5.73 Å². The lowest BCUT2D eigenvalue weighted by Crippen LogP contribution is -2.32. The van der Waals surface area contributed by atoms with E-state index < -0.39 is 23.6 Å². The number of carbonyl (C=O) groups is 1. The summed E-state index contributed by atoms with van der Waals surface area (Å²) in [4.78, 5) is 10.4. The van der Waals surface area contributed by atoms with E-state index in [-0.39, 0.29) is 17.1 Å². The van der Waals surface area contributed by atoms with Crippen molar-refractivity contribution in [2.75, 3.05) is 5.75 Å². The average molecular weight is 247 g/mol. The summed E-state index contributed by atoms with van der Waals surface area (Å²) >= 11 is 1.15. The first-order chi connectivity index (χ1) is 7.50. The van der Waals surface area contributed by atoms with Gasteiger partial charge in [0.15, 0.2) is 0 Å². The van der Waals surface area contributed by atoms with Gasteiger partial charge < -0.3 is 10.8 Å². The van der Waals surface area contributed by atoms with Crippen LogP contribution in [-0.2, 0) is 10.5 Å². The molecule has 1 atom stereocenters. The molecule has 0 saturated carbocycles. The Balaban J connectivity index is 2.48.